The molecule has 6 rings (SSSR count). The maximum Gasteiger partial charge on any atom is 0.338 e. The molecule has 0 aliphatic carbocycles. The van der Waals surface area contributed by atoms with Gasteiger partial charge >= 0.3 is 5.97 Å². The Labute approximate surface area is 194 Å². The van der Waals surface area contributed by atoms with Gasteiger partial charge in [0.05, 0.1) is 29.7 Å². The molecule has 0 unspecified atom stereocenters. The minimum Gasteiger partial charge on any atom is -0.462 e. The summed E-state index contributed by atoms with van der Waals surface area (Å²) < 4.78 is 19.3. The number of amides is 3. The minimum absolute atomic E-state index is 0.233. The van der Waals surface area contributed by atoms with E-state index in [-0.39, 0.29) is 18.6 Å². The molecule has 2 aromatic rings. The summed E-state index contributed by atoms with van der Waals surface area (Å²) in [6.45, 7) is 2.49. The zero-order valence-corrected chi connectivity index (χ0v) is 18.4. The molecular formula is C25H22FN3O5. The Kier molecular flexibility index (Phi) is 4.44. The van der Waals surface area contributed by atoms with Crippen LogP contribution in [0.15, 0.2) is 42.5 Å². The fourth-order valence-electron chi connectivity index (χ4n) is 6.39. The van der Waals surface area contributed by atoms with Crippen LogP contribution in [0.2, 0.25) is 0 Å². The van der Waals surface area contributed by atoms with Gasteiger partial charge in [0.1, 0.15) is 11.4 Å². The third-order valence-electron chi connectivity index (χ3n) is 7.59. The monoisotopic (exact) mass is 463 g/mol. The summed E-state index contributed by atoms with van der Waals surface area (Å²) in [5.74, 6) is -3.92. The van der Waals surface area contributed by atoms with Crippen LogP contribution in [0.25, 0.3) is 0 Å². The lowest BCUT2D eigenvalue weighted by molar-refractivity contribution is -0.135. The number of imide groups is 1. The zero-order chi connectivity index (χ0) is 23.8. The predicted molar refractivity (Wildman–Crippen MR) is 118 cm³/mol. The van der Waals surface area contributed by atoms with E-state index in [1.165, 1.54) is 42.5 Å². The van der Waals surface area contributed by atoms with Crippen molar-refractivity contribution < 1.29 is 28.3 Å². The van der Waals surface area contributed by atoms with Gasteiger partial charge in [0.25, 0.3) is 0 Å². The zero-order valence-electron chi connectivity index (χ0n) is 18.4. The van der Waals surface area contributed by atoms with Crippen LogP contribution in [0.1, 0.15) is 35.7 Å². The molecule has 8 nitrogen and oxygen atoms in total. The van der Waals surface area contributed by atoms with Crippen molar-refractivity contribution >= 4 is 35.1 Å². The number of hydrogen-bond acceptors (Lipinski definition) is 6. The molecule has 9 heteroatoms. The van der Waals surface area contributed by atoms with Crippen LogP contribution >= 0.6 is 0 Å². The molecule has 34 heavy (non-hydrogen) atoms. The fraction of sp³-hybridized carbons (Fsp3) is 0.360. The summed E-state index contributed by atoms with van der Waals surface area (Å²) in [6.07, 6.45) is 1.46. The lowest BCUT2D eigenvalue weighted by Crippen LogP contribution is -2.54. The number of carbonyl (C=O) groups is 4. The number of halogens is 1. The van der Waals surface area contributed by atoms with Crippen molar-refractivity contribution in [2.45, 2.75) is 31.3 Å². The lowest BCUT2D eigenvalue weighted by Gasteiger charge is -2.36. The molecule has 174 valence electrons. The maximum absolute atomic E-state index is 14.3. The van der Waals surface area contributed by atoms with Crippen LogP contribution in [0, 0.1) is 17.7 Å². The SMILES string of the molecule is CCOC(=O)c1ccc(N2C(=O)[C@@H]3[C@@H]4CCCN4[C@]4(C(=O)Nc5ccc(F)cc54)[C@H]3C2=O)cc1. The summed E-state index contributed by atoms with van der Waals surface area (Å²) in [6, 6.07) is 9.87. The van der Waals surface area contributed by atoms with Crippen LogP contribution < -0.4 is 10.2 Å². The highest BCUT2D eigenvalue weighted by atomic mass is 19.1. The highest BCUT2D eigenvalue weighted by Gasteiger charge is 2.74. The summed E-state index contributed by atoms with van der Waals surface area (Å²) in [5, 5.41) is 2.82. The van der Waals surface area contributed by atoms with E-state index in [0.29, 0.717) is 35.5 Å². The third kappa shape index (κ3) is 2.50. The van der Waals surface area contributed by atoms with E-state index in [4.69, 9.17) is 4.74 Å². The van der Waals surface area contributed by atoms with Gasteiger partial charge in [0, 0.05) is 17.3 Å². The van der Waals surface area contributed by atoms with Crippen molar-refractivity contribution in [1.29, 1.82) is 0 Å². The first-order chi connectivity index (χ1) is 16.4. The number of benzene rings is 2. The van der Waals surface area contributed by atoms with Gasteiger partial charge in [-0.25, -0.2) is 14.1 Å². The van der Waals surface area contributed by atoms with Crippen molar-refractivity contribution in [3.8, 4) is 0 Å². The molecular weight excluding hydrogens is 441 g/mol. The van der Waals surface area contributed by atoms with Crippen LogP contribution in [-0.4, -0.2) is 47.8 Å². The van der Waals surface area contributed by atoms with E-state index in [2.05, 4.69) is 5.32 Å². The lowest BCUT2D eigenvalue weighted by atomic mass is 9.75. The van der Waals surface area contributed by atoms with Gasteiger partial charge in [-0.15, -0.1) is 0 Å². The van der Waals surface area contributed by atoms with Crippen molar-refractivity contribution in [2.24, 2.45) is 11.8 Å². The van der Waals surface area contributed by atoms with Crippen LogP contribution in [0.4, 0.5) is 15.8 Å². The molecule has 4 aliphatic heterocycles. The normalized spacial score (nSPS) is 29.4. The van der Waals surface area contributed by atoms with Crippen LogP contribution in [0.5, 0.6) is 0 Å². The van der Waals surface area contributed by atoms with E-state index in [1.807, 2.05) is 4.90 Å². The molecule has 3 fully saturated rings. The average molecular weight is 463 g/mol. The van der Waals surface area contributed by atoms with Crippen molar-refractivity contribution in [3.63, 3.8) is 0 Å². The second kappa shape index (κ2) is 7.20. The van der Waals surface area contributed by atoms with E-state index >= 15 is 0 Å². The van der Waals surface area contributed by atoms with E-state index in [1.54, 1.807) is 6.92 Å². The first kappa shape index (κ1) is 21.0. The molecule has 3 saturated heterocycles. The number of fused-ring (bicyclic) bond motifs is 7. The topological polar surface area (TPSA) is 96.0 Å². The average Bonchev–Trinajstić information content (AvgIpc) is 3.53. The molecule has 4 heterocycles. The standard InChI is InChI=1S/C25H22FN3O5/c1-2-34-23(32)13-5-8-15(9-6-13)29-21(30)19-18-4-3-11-28(18)25(20(19)22(29)31)16-12-14(26)7-10-17(16)27-24(25)33/h5-10,12,18-20H,2-4,11H2,1H3,(H,27,33)/t18-,19+,20+,25-/m0/s1. The Bertz CT molecular complexity index is 1260. The second-order valence-corrected chi connectivity index (χ2v) is 9.10. The predicted octanol–water partition coefficient (Wildman–Crippen LogP) is 2.43. The Balaban J connectivity index is 1.45. The molecule has 0 radical (unpaired) electrons. The molecule has 3 amide bonds. The molecule has 0 aromatic heterocycles. The third-order valence-corrected chi connectivity index (χ3v) is 7.59. The first-order valence-corrected chi connectivity index (χ1v) is 11.4. The first-order valence-electron chi connectivity index (χ1n) is 11.4. The molecule has 4 atom stereocenters. The molecule has 1 spiro atoms. The fourth-order valence-corrected chi connectivity index (χ4v) is 6.39. The van der Waals surface area contributed by atoms with Gasteiger partial charge in [-0.05, 0) is 68.8 Å². The number of carbonyl (C=O) groups excluding carboxylic acids is 4. The summed E-state index contributed by atoms with van der Waals surface area (Å²) in [4.78, 5) is 56.1. The summed E-state index contributed by atoms with van der Waals surface area (Å²) >= 11 is 0. The molecule has 0 bridgehead atoms. The van der Waals surface area contributed by atoms with Gasteiger partial charge < -0.3 is 10.1 Å². The van der Waals surface area contributed by atoms with Crippen molar-refractivity contribution in [1.82, 2.24) is 4.90 Å². The van der Waals surface area contributed by atoms with Gasteiger partial charge in [0.15, 0.2) is 0 Å². The van der Waals surface area contributed by atoms with Gasteiger partial charge in [0.2, 0.25) is 17.7 Å². The maximum atomic E-state index is 14.3. The quantitative estimate of drug-likeness (QED) is 0.555. The molecule has 1 N–H and O–H groups in total. The largest absolute Gasteiger partial charge is 0.462 e. The van der Waals surface area contributed by atoms with Crippen molar-refractivity contribution in [2.75, 3.05) is 23.4 Å². The number of ether oxygens (including phenoxy) is 1. The molecule has 0 saturated carbocycles. The highest BCUT2D eigenvalue weighted by Crippen LogP contribution is 2.60. The molecule has 4 aliphatic rings. The Morgan fingerprint density at radius 2 is 1.91 bits per heavy atom. The van der Waals surface area contributed by atoms with Crippen molar-refractivity contribution in [3.05, 3.63) is 59.4 Å². The number of anilines is 2. The van der Waals surface area contributed by atoms with Crippen LogP contribution in [-0.2, 0) is 24.7 Å². The summed E-state index contributed by atoms with van der Waals surface area (Å²) in [5.41, 5.74) is 0.0981. The minimum atomic E-state index is -1.42. The molecule has 2 aromatic carbocycles. The number of nitrogens with one attached hydrogen (secondary N) is 1. The van der Waals surface area contributed by atoms with Crippen LogP contribution in [0.3, 0.4) is 0 Å². The number of nitrogens with zero attached hydrogens (tertiary/aromatic N) is 2. The highest BCUT2D eigenvalue weighted by molar-refractivity contribution is 6.25. The van der Waals surface area contributed by atoms with Gasteiger partial charge in [-0.3, -0.25) is 19.3 Å². The summed E-state index contributed by atoms with van der Waals surface area (Å²) in [7, 11) is 0. The van der Waals surface area contributed by atoms with E-state index < -0.39 is 41.0 Å². The van der Waals surface area contributed by atoms with E-state index in [9.17, 15) is 23.6 Å². The van der Waals surface area contributed by atoms with Gasteiger partial charge in [-0.2, -0.15) is 0 Å². The number of rotatable bonds is 3. The number of hydrogen-bond donors (Lipinski definition) is 1. The Morgan fingerprint density at radius 3 is 2.65 bits per heavy atom. The number of esters is 1. The second-order valence-electron chi connectivity index (χ2n) is 9.10. The Morgan fingerprint density at radius 1 is 1.15 bits per heavy atom. The van der Waals surface area contributed by atoms with Gasteiger partial charge in [-0.1, -0.05) is 0 Å². The van der Waals surface area contributed by atoms with E-state index in [0.717, 1.165) is 11.3 Å². The smallest absolute Gasteiger partial charge is 0.338 e. The Hall–Kier alpha value is -3.59.